The van der Waals surface area contributed by atoms with E-state index in [2.05, 4.69) is 21.1 Å². The van der Waals surface area contributed by atoms with Crippen LogP contribution < -0.4 is 10.9 Å². The molecular formula is C21H18N4O. The summed E-state index contributed by atoms with van der Waals surface area (Å²) in [5, 5.41) is 8.13. The van der Waals surface area contributed by atoms with Crippen LogP contribution in [-0.4, -0.2) is 18.3 Å². The van der Waals surface area contributed by atoms with Gasteiger partial charge in [-0.05, 0) is 35.4 Å². The van der Waals surface area contributed by atoms with E-state index in [9.17, 15) is 4.79 Å². The Labute approximate surface area is 152 Å². The maximum atomic E-state index is 12.1. The van der Waals surface area contributed by atoms with Gasteiger partial charge in [-0.3, -0.25) is 10.2 Å². The Kier molecular flexibility index (Phi) is 5.88. The number of amides is 1. The first kappa shape index (κ1) is 17.1. The van der Waals surface area contributed by atoms with Crippen molar-refractivity contribution in [1.82, 2.24) is 5.43 Å². The highest BCUT2D eigenvalue weighted by atomic mass is 16.2. The van der Waals surface area contributed by atoms with Gasteiger partial charge in [0.15, 0.2) is 0 Å². The monoisotopic (exact) mass is 342 g/mol. The van der Waals surface area contributed by atoms with Gasteiger partial charge in [0, 0.05) is 5.56 Å². The lowest BCUT2D eigenvalue weighted by Gasteiger charge is -2.03. The van der Waals surface area contributed by atoms with Crippen LogP contribution in [0.5, 0.6) is 0 Å². The summed E-state index contributed by atoms with van der Waals surface area (Å²) in [6.07, 6.45) is 3.34. The highest BCUT2D eigenvalue weighted by Crippen LogP contribution is 2.09. The SMILES string of the molecule is O=C(N/N=C/c1ccccc1)c1ccc(N/N=C/c2ccccc2)cc1. The average molecular weight is 342 g/mol. The Bertz CT molecular complexity index is 888. The number of hydrogen-bond donors (Lipinski definition) is 2. The van der Waals surface area contributed by atoms with Gasteiger partial charge in [-0.1, -0.05) is 60.7 Å². The molecule has 5 heteroatoms. The summed E-state index contributed by atoms with van der Waals surface area (Å²) in [7, 11) is 0. The average Bonchev–Trinajstić information content (AvgIpc) is 2.70. The van der Waals surface area contributed by atoms with E-state index in [1.54, 1.807) is 36.7 Å². The van der Waals surface area contributed by atoms with E-state index in [0.717, 1.165) is 16.8 Å². The fourth-order valence-corrected chi connectivity index (χ4v) is 2.19. The lowest BCUT2D eigenvalue weighted by molar-refractivity contribution is 0.0955. The van der Waals surface area contributed by atoms with Gasteiger partial charge in [0.1, 0.15) is 0 Å². The van der Waals surface area contributed by atoms with Crippen LogP contribution in [0, 0.1) is 0 Å². The number of carbonyl (C=O) groups is 1. The van der Waals surface area contributed by atoms with Crippen molar-refractivity contribution in [2.24, 2.45) is 10.2 Å². The molecule has 0 bridgehead atoms. The molecule has 3 aromatic carbocycles. The van der Waals surface area contributed by atoms with Gasteiger partial charge in [0.2, 0.25) is 0 Å². The largest absolute Gasteiger partial charge is 0.279 e. The highest BCUT2D eigenvalue weighted by molar-refractivity contribution is 5.95. The smallest absolute Gasteiger partial charge is 0.271 e. The van der Waals surface area contributed by atoms with E-state index in [4.69, 9.17) is 0 Å². The van der Waals surface area contributed by atoms with Crippen LogP contribution in [0.25, 0.3) is 0 Å². The van der Waals surface area contributed by atoms with E-state index in [1.807, 2.05) is 60.7 Å². The van der Waals surface area contributed by atoms with Gasteiger partial charge in [-0.25, -0.2) is 5.43 Å². The second-order valence-corrected chi connectivity index (χ2v) is 5.47. The zero-order chi connectivity index (χ0) is 18.0. The van der Waals surface area contributed by atoms with Crippen molar-refractivity contribution < 1.29 is 4.79 Å². The molecule has 26 heavy (non-hydrogen) atoms. The van der Waals surface area contributed by atoms with Crippen molar-refractivity contribution in [1.29, 1.82) is 0 Å². The second kappa shape index (κ2) is 8.94. The van der Waals surface area contributed by atoms with Crippen LogP contribution in [0.3, 0.4) is 0 Å². The second-order valence-electron chi connectivity index (χ2n) is 5.47. The summed E-state index contributed by atoms with van der Waals surface area (Å²) in [5.74, 6) is -0.267. The van der Waals surface area contributed by atoms with Gasteiger partial charge in [-0.2, -0.15) is 10.2 Å². The molecule has 0 spiro atoms. The van der Waals surface area contributed by atoms with Crippen molar-refractivity contribution in [3.8, 4) is 0 Å². The van der Waals surface area contributed by atoms with Crippen LogP contribution in [0.4, 0.5) is 5.69 Å². The summed E-state index contributed by atoms with van der Waals surface area (Å²) in [5.41, 5.74) is 8.69. The van der Waals surface area contributed by atoms with Crippen LogP contribution in [0.15, 0.2) is 95.1 Å². The molecule has 0 saturated carbocycles. The summed E-state index contributed by atoms with van der Waals surface area (Å²) < 4.78 is 0. The minimum Gasteiger partial charge on any atom is -0.279 e. The summed E-state index contributed by atoms with van der Waals surface area (Å²) in [4.78, 5) is 12.1. The standard InChI is InChI=1S/C21H18N4O/c26-21(25-23-16-18-9-5-2-6-10-18)19-11-13-20(14-12-19)24-22-15-17-7-3-1-4-8-17/h1-16,24H,(H,25,26)/b22-15+,23-16+. The van der Waals surface area contributed by atoms with Crippen molar-refractivity contribution in [3.05, 3.63) is 102 Å². The van der Waals surface area contributed by atoms with Gasteiger partial charge in [0.25, 0.3) is 5.91 Å². The maximum absolute atomic E-state index is 12.1. The number of benzene rings is 3. The summed E-state index contributed by atoms with van der Waals surface area (Å²) >= 11 is 0. The molecule has 0 saturated heterocycles. The minimum atomic E-state index is -0.267. The minimum absolute atomic E-state index is 0.267. The zero-order valence-electron chi connectivity index (χ0n) is 14.0. The van der Waals surface area contributed by atoms with Crippen molar-refractivity contribution in [3.63, 3.8) is 0 Å². The molecule has 0 aliphatic carbocycles. The predicted molar refractivity (Wildman–Crippen MR) is 106 cm³/mol. The third kappa shape index (κ3) is 5.14. The summed E-state index contributed by atoms with van der Waals surface area (Å²) in [6, 6.07) is 26.4. The first-order valence-electron chi connectivity index (χ1n) is 8.14. The Balaban J connectivity index is 1.52. The number of anilines is 1. The Hall–Kier alpha value is -3.73. The number of nitrogens with zero attached hydrogens (tertiary/aromatic N) is 2. The number of carbonyl (C=O) groups excluding carboxylic acids is 1. The fraction of sp³-hybridized carbons (Fsp3) is 0. The van der Waals surface area contributed by atoms with E-state index >= 15 is 0 Å². The number of rotatable bonds is 6. The first-order chi connectivity index (χ1) is 12.8. The van der Waals surface area contributed by atoms with Gasteiger partial charge < -0.3 is 0 Å². The quantitative estimate of drug-likeness (QED) is 0.527. The lowest BCUT2D eigenvalue weighted by Crippen LogP contribution is -2.17. The molecule has 3 rings (SSSR count). The Morgan fingerprint density at radius 2 is 1.23 bits per heavy atom. The number of hydrazone groups is 2. The van der Waals surface area contributed by atoms with Crippen LogP contribution >= 0.6 is 0 Å². The van der Waals surface area contributed by atoms with E-state index in [1.165, 1.54) is 0 Å². The number of hydrogen-bond acceptors (Lipinski definition) is 4. The van der Waals surface area contributed by atoms with Gasteiger partial charge in [0.05, 0.1) is 18.1 Å². The topological polar surface area (TPSA) is 65.8 Å². The molecule has 2 N–H and O–H groups in total. The molecule has 0 heterocycles. The summed E-state index contributed by atoms with van der Waals surface area (Å²) in [6.45, 7) is 0. The molecule has 0 atom stereocenters. The molecule has 0 unspecified atom stereocenters. The maximum Gasteiger partial charge on any atom is 0.271 e. The van der Waals surface area contributed by atoms with E-state index in [0.29, 0.717) is 5.56 Å². The molecule has 5 nitrogen and oxygen atoms in total. The Morgan fingerprint density at radius 3 is 1.81 bits per heavy atom. The zero-order valence-corrected chi connectivity index (χ0v) is 14.0. The molecule has 0 aliphatic heterocycles. The molecular weight excluding hydrogens is 324 g/mol. The third-order valence-electron chi connectivity index (χ3n) is 3.53. The van der Waals surface area contributed by atoms with Crippen LogP contribution in [-0.2, 0) is 0 Å². The molecule has 0 aromatic heterocycles. The molecule has 0 radical (unpaired) electrons. The molecule has 0 aliphatic rings. The first-order valence-corrected chi connectivity index (χ1v) is 8.14. The van der Waals surface area contributed by atoms with E-state index in [-0.39, 0.29) is 5.91 Å². The van der Waals surface area contributed by atoms with Gasteiger partial charge in [-0.15, -0.1) is 0 Å². The van der Waals surface area contributed by atoms with Crippen molar-refractivity contribution >= 4 is 24.0 Å². The molecule has 0 fully saturated rings. The van der Waals surface area contributed by atoms with Gasteiger partial charge >= 0.3 is 0 Å². The molecule has 1 amide bonds. The Morgan fingerprint density at radius 1 is 0.692 bits per heavy atom. The normalized spacial score (nSPS) is 10.9. The van der Waals surface area contributed by atoms with Crippen molar-refractivity contribution in [2.75, 3.05) is 5.43 Å². The lowest BCUT2D eigenvalue weighted by atomic mass is 10.2. The third-order valence-corrected chi connectivity index (χ3v) is 3.53. The van der Waals surface area contributed by atoms with Crippen molar-refractivity contribution in [2.45, 2.75) is 0 Å². The van der Waals surface area contributed by atoms with Crippen LogP contribution in [0.1, 0.15) is 21.5 Å². The predicted octanol–water partition coefficient (Wildman–Crippen LogP) is 3.90. The fourth-order valence-electron chi connectivity index (χ4n) is 2.19. The van der Waals surface area contributed by atoms with Crippen LogP contribution in [0.2, 0.25) is 0 Å². The molecule has 3 aromatic rings. The molecule has 128 valence electrons. The number of nitrogens with one attached hydrogen (secondary N) is 2. The highest BCUT2D eigenvalue weighted by Gasteiger charge is 2.03. The van der Waals surface area contributed by atoms with E-state index < -0.39 is 0 Å².